The topological polar surface area (TPSA) is 114 Å². The monoisotopic (exact) mass is 490 g/mol. The van der Waals surface area contributed by atoms with E-state index in [1.54, 1.807) is 23.6 Å². The lowest BCUT2D eigenvalue weighted by atomic mass is 9.86. The molecule has 0 bridgehead atoms. The van der Waals surface area contributed by atoms with Crippen LogP contribution in [0.25, 0.3) is 22.3 Å². The lowest BCUT2D eigenvalue weighted by Gasteiger charge is -2.31. The van der Waals surface area contributed by atoms with Gasteiger partial charge in [0.2, 0.25) is 0 Å². The smallest absolute Gasteiger partial charge is 0.343 e. The molecule has 0 aliphatic carbocycles. The first-order valence-corrected chi connectivity index (χ1v) is 12.4. The molecule has 3 aromatic rings. The predicted octanol–water partition coefficient (Wildman–Crippen LogP) is 2.50. The van der Waals surface area contributed by atoms with E-state index >= 15 is 0 Å². The van der Waals surface area contributed by atoms with E-state index in [-0.39, 0.29) is 41.8 Å². The molecule has 0 radical (unpaired) electrons. The maximum Gasteiger partial charge on any atom is 0.343 e. The van der Waals surface area contributed by atoms with E-state index in [1.165, 1.54) is 0 Å². The second kappa shape index (κ2) is 8.83. The Morgan fingerprint density at radius 2 is 2.00 bits per heavy atom. The number of hydrogen-bond acceptors (Lipinski definition) is 7. The van der Waals surface area contributed by atoms with Gasteiger partial charge in [-0.05, 0) is 44.6 Å². The number of carbonyl (C=O) groups is 2. The van der Waals surface area contributed by atoms with Gasteiger partial charge < -0.3 is 19.7 Å². The van der Waals surface area contributed by atoms with Crippen molar-refractivity contribution in [3.63, 3.8) is 0 Å². The van der Waals surface area contributed by atoms with Gasteiger partial charge in [0.1, 0.15) is 6.61 Å². The Morgan fingerprint density at radius 3 is 2.69 bits per heavy atom. The number of amides is 1. The Labute approximate surface area is 208 Å². The predicted molar refractivity (Wildman–Crippen MR) is 134 cm³/mol. The van der Waals surface area contributed by atoms with Crippen LogP contribution >= 0.6 is 0 Å². The number of nitrogens with one attached hydrogen (secondary N) is 1. The minimum Gasteiger partial charge on any atom is -0.458 e. The molecule has 9 heteroatoms. The molecular weight excluding hydrogens is 460 g/mol. The van der Waals surface area contributed by atoms with Crippen molar-refractivity contribution < 1.29 is 19.4 Å². The summed E-state index contributed by atoms with van der Waals surface area (Å²) in [5.74, 6) is -0.982. The average Bonchev–Trinajstić information content (AvgIpc) is 3.23. The molecular formula is C27H30N4O5. The number of carbonyl (C=O) groups excluding carboxylic acids is 2. The van der Waals surface area contributed by atoms with E-state index in [4.69, 9.17) is 9.72 Å². The fraction of sp³-hybridized carbons (Fsp3) is 0.407. The number of esters is 1. The highest BCUT2D eigenvalue weighted by Crippen LogP contribution is 2.38. The Bertz CT molecular complexity index is 1460. The maximum absolute atomic E-state index is 13.4. The largest absolute Gasteiger partial charge is 0.458 e. The molecule has 2 aromatic heterocycles. The van der Waals surface area contributed by atoms with Gasteiger partial charge in [0.25, 0.3) is 11.5 Å². The van der Waals surface area contributed by atoms with Crippen molar-refractivity contribution in [1.82, 2.24) is 19.8 Å². The molecule has 188 valence electrons. The maximum atomic E-state index is 13.4. The molecule has 1 unspecified atom stereocenters. The molecule has 4 heterocycles. The van der Waals surface area contributed by atoms with Crippen molar-refractivity contribution in [3.8, 4) is 11.4 Å². The summed E-state index contributed by atoms with van der Waals surface area (Å²) in [6, 6.07) is 9.08. The summed E-state index contributed by atoms with van der Waals surface area (Å²) >= 11 is 0. The highest BCUT2D eigenvalue weighted by atomic mass is 16.6. The summed E-state index contributed by atoms with van der Waals surface area (Å²) < 4.78 is 6.72. The molecule has 2 aliphatic heterocycles. The van der Waals surface area contributed by atoms with E-state index in [2.05, 4.69) is 10.2 Å². The van der Waals surface area contributed by atoms with Crippen molar-refractivity contribution in [3.05, 3.63) is 62.9 Å². The first-order valence-electron chi connectivity index (χ1n) is 12.4. The summed E-state index contributed by atoms with van der Waals surface area (Å²) in [4.78, 5) is 46.0. The molecule has 2 N–H and O–H groups in total. The first kappa shape index (κ1) is 24.1. The average molecular weight is 491 g/mol. The van der Waals surface area contributed by atoms with Gasteiger partial charge in [-0.1, -0.05) is 32.9 Å². The number of para-hydroxylation sites is 1. The zero-order chi connectivity index (χ0) is 25.8. The van der Waals surface area contributed by atoms with Gasteiger partial charge in [-0.2, -0.15) is 0 Å². The minimum atomic E-state index is -1.88. The number of nitrogens with zero attached hydrogens (tertiary/aromatic N) is 3. The number of aromatic nitrogens is 2. The van der Waals surface area contributed by atoms with Crippen LogP contribution in [0.3, 0.4) is 0 Å². The van der Waals surface area contributed by atoms with Gasteiger partial charge >= 0.3 is 5.97 Å². The van der Waals surface area contributed by atoms with Crippen LogP contribution in [0.5, 0.6) is 0 Å². The number of cyclic esters (lactones) is 1. The summed E-state index contributed by atoms with van der Waals surface area (Å²) in [5, 5.41) is 14.9. The van der Waals surface area contributed by atoms with Crippen LogP contribution in [0.4, 0.5) is 0 Å². The SMILES string of the molecule is CCN(CC)C(C)NC(=O)c1cccc2cc3c(nc12)-c1cc2c(c(=O)n1C3)COC(=O)[C@]2(O)CC. The summed E-state index contributed by atoms with van der Waals surface area (Å²) in [5.41, 5.74) is 1.26. The molecule has 2 atom stereocenters. The molecule has 0 saturated carbocycles. The normalized spacial score (nSPS) is 19.0. The van der Waals surface area contributed by atoms with Crippen molar-refractivity contribution in [1.29, 1.82) is 0 Å². The van der Waals surface area contributed by atoms with Crippen LogP contribution in [0.1, 0.15) is 61.2 Å². The molecule has 0 saturated heterocycles. The first-order chi connectivity index (χ1) is 17.2. The van der Waals surface area contributed by atoms with Crippen molar-refractivity contribution in [2.75, 3.05) is 13.1 Å². The van der Waals surface area contributed by atoms with Gasteiger partial charge in [-0.15, -0.1) is 0 Å². The van der Waals surface area contributed by atoms with Gasteiger partial charge in [0.15, 0.2) is 5.60 Å². The van der Waals surface area contributed by atoms with E-state index < -0.39 is 11.6 Å². The summed E-state index contributed by atoms with van der Waals surface area (Å²) in [6.45, 7) is 9.49. The zero-order valence-electron chi connectivity index (χ0n) is 20.9. The number of ether oxygens (including phenoxy) is 1. The van der Waals surface area contributed by atoms with Crippen LogP contribution in [0.2, 0.25) is 0 Å². The fourth-order valence-corrected chi connectivity index (χ4v) is 5.32. The Morgan fingerprint density at radius 1 is 1.25 bits per heavy atom. The highest BCUT2D eigenvalue weighted by molar-refractivity contribution is 6.06. The van der Waals surface area contributed by atoms with Crippen LogP contribution < -0.4 is 10.9 Å². The van der Waals surface area contributed by atoms with E-state index in [0.29, 0.717) is 29.0 Å². The van der Waals surface area contributed by atoms with Gasteiger partial charge in [0, 0.05) is 16.5 Å². The third-order valence-corrected chi connectivity index (χ3v) is 7.48. The van der Waals surface area contributed by atoms with Crippen molar-refractivity contribution >= 4 is 22.8 Å². The van der Waals surface area contributed by atoms with E-state index in [0.717, 1.165) is 24.0 Å². The Balaban J connectivity index is 1.63. The Kier molecular flexibility index (Phi) is 5.92. The lowest BCUT2D eigenvalue weighted by Crippen LogP contribution is -2.46. The van der Waals surface area contributed by atoms with E-state index in [1.807, 2.05) is 39.0 Å². The molecule has 0 fully saturated rings. The molecule has 1 aromatic carbocycles. The molecule has 1 amide bonds. The third kappa shape index (κ3) is 3.53. The molecule has 36 heavy (non-hydrogen) atoms. The van der Waals surface area contributed by atoms with Crippen LogP contribution in [0, 0.1) is 0 Å². The summed E-state index contributed by atoms with van der Waals surface area (Å²) in [6.07, 6.45) is -0.0658. The molecule has 5 rings (SSSR count). The van der Waals surface area contributed by atoms with Crippen molar-refractivity contribution in [2.45, 2.75) is 59.0 Å². The van der Waals surface area contributed by atoms with Crippen LogP contribution in [-0.2, 0) is 28.3 Å². The van der Waals surface area contributed by atoms with Gasteiger partial charge in [0.05, 0.1) is 40.7 Å². The minimum absolute atomic E-state index is 0.0781. The number of rotatable bonds is 6. The molecule has 9 nitrogen and oxygen atoms in total. The molecule has 2 aliphatic rings. The number of pyridine rings is 2. The van der Waals surface area contributed by atoms with Gasteiger partial charge in [-0.25, -0.2) is 9.78 Å². The standard InChI is InChI=1S/C27H30N4O5/c1-5-27(35)20-12-21-23-17(13-31(21)25(33)19(20)14-36-26(27)34)11-16-9-8-10-18(22(16)29-23)24(32)28-15(4)30(6-2)7-3/h8-12,15,35H,5-7,13-14H2,1-4H3,(H,28,32)/t15?,27-/m0/s1. The lowest BCUT2D eigenvalue weighted by molar-refractivity contribution is -0.172. The number of fused-ring (bicyclic) bond motifs is 5. The van der Waals surface area contributed by atoms with Crippen LogP contribution in [0.15, 0.2) is 35.1 Å². The quantitative estimate of drug-likeness (QED) is 0.315. The van der Waals surface area contributed by atoms with Crippen molar-refractivity contribution in [2.24, 2.45) is 0 Å². The summed E-state index contributed by atoms with van der Waals surface area (Å²) in [7, 11) is 0. The highest BCUT2D eigenvalue weighted by Gasteiger charge is 2.45. The zero-order valence-corrected chi connectivity index (χ0v) is 20.9. The van der Waals surface area contributed by atoms with Gasteiger partial charge in [-0.3, -0.25) is 14.5 Å². The van der Waals surface area contributed by atoms with Crippen LogP contribution in [-0.4, -0.2) is 50.7 Å². The second-order valence-electron chi connectivity index (χ2n) is 9.35. The van der Waals surface area contributed by atoms with E-state index in [9.17, 15) is 19.5 Å². The number of aliphatic hydroxyl groups is 1. The second-order valence-corrected chi connectivity index (χ2v) is 9.35. The number of benzene rings is 1. The Hall–Kier alpha value is -3.56. The third-order valence-electron chi connectivity index (χ3n) is 7.48. The molecule has 0 spiro atoms. The fourth-order valence-electron chi connectivity index (χ4n) is 5.32. The number of hydrogen-bond donors (Lipinski definition) is 2.